The van der Waals surface area contributed by atoms with Crippen LogP contribution < -0.4 is 4.74 Å². The summed E-state index contributed by atoms with van der Waals surface area (Å²) in [5.74, 6) is -1.88. The summed E-state index contributed by atoms with van der Waals surface area (Å²) in [7, 11) is 0. The fourth-order valence-electron chi connectivity index (χ4n) is 0.916. The first kappa shape index (κ1) is 14.9. The van der Waals surface area contributed by atoms with E-state index in [9.17, 15) is 28.1 Å². The van der Waals surface area contributed by atoms with Crippen LogP contribution in [0.25, 0.3) is 0 Å². The zero-order valence-corrected chi connectivity index (χ0v) is 10.9. The minimum Gasteiger partial charge on any atom is -0.404 e. The molecule has 0 aliphatic rings. The van der Waals surface area contributed by atoms with Crippen LogP contribution >= 0.6 is 34.2 Å². The van der Waals surface area contributed by atoms with Gasteiger partial charge in [0.2, 0.25) is 0 Å². The van der Waals surface area contributed by atoms with E-state index in [4.69, 9.17) is 11.6 Å². The van der Waals surface area contributed by atoms with Crippen molar-refractivity contribution in [3.05, 3.63) is 25.4 Å². The molecular weight excluding hydrogens is 395 g/mol. The van der Waals surface area contributed by atoms with Gasteiger partial charge >= 0.3 is 12.2 Å². The van der Waals surface area contributed by atoms with Crippen LogP contribution in [0.3, 0.4) is 0 Å². The minimum atomic E-state index is -5.05. The van der Waals surface area contributed by atoms with Gasteiger partial charge < -0.3 is 14.9 Å². The van der Waals surface area contributed by atoms with Crippen molar-refractivity contribution in [2.24, 2.45) is 0 Å². The highest BCUT2D eigenvalue weighted by Gasteiger charge is 2.35. The Hall–Kier alpha value is -1.17. The smallest absolute Gasteiger partial charge is 0.404 e. The number of halogens is 5. The molecule has 0 saturated carbocycles. The number of aromatic nitrogens is 1. The number of carbonyl (C=O) groups is 1. The molecule has 11 heteroatoms. The maximum atomic E-state index is 12.1. The predicted molar refractivity (Wildman–Crippen MR) is 60.5 cm³/mol. The molecule has 0 saturated heterocycles. The van der Waals surface area contributed by atoms with Crippen LogP contribution in [0.15, 0.2) is 6.07 Å². The van der Waals surface area contributed by atoms with E-state index in [0.717, 1.165) is 0 Å². The Morgan fingerprint density at radius 1 is 1.56 bits per heavy atom. The molecule has 0 N–H and O–H groups in total. The molecule has 18 heavy (non-hydrogen) atoms. The molecule has 1 aromatic rings. The van der Waals surface area contributed by atoms with Gasteiger partial charge in [-0.05, 0) is 44.1 Å². The number of nitro groups is 1. The minimum absolute atomic E-state index is 0.365. The molecule has 0 fully saturated rings. The van der Waals surface area contributed by atoms with E-state index in [0.29, 0.717) is 6.07 Å². The lowest BCUT2D eigenvalue weighted by atomic mass is 10.3. The Kier molecular flexibility index (Phi) is 4.32. The van der Waals surface area contributed by atoms with E-state index in [1.54, 1.807) is 0 Å². The molecule has 0 amide bonds. The number of rotatable bonds is 3. The second-order valence-electron chi connectivity index (χ2n) is 2.72. The highest BCUT2D eigenvalue weighted by molar-refractivity contribution is 14.1. The van der Waals surface area contributed by atoms with Gasteiger partial charge in [-0.25, -0.2) is 0 Å². The Morgan fingerprint density at radius 2 is 2.11 bits per heavy atom. The average molecular weight is 396 g/mol. The summed E-state index contributed by atoms with van der Waals surface area (Å²) in [5.41, 5.74) is -0.675. The highest BCUT2D eigenvalue weighted by Crippen LogP contribution is 2.32. The van der Waals surface area contributed by atoms with Crippen LogP contribution in [0, 0.1) is 13.7 Å². The second kappa shape index (κ2) is 5.22. The second-order valence-corrected chi connectivity index (χ2v) is 4.14. The topological polar surface area (TPSA) is 82.3 Å². The number of nitrogens with zero attached hydrogens (tertiary/aromatic N) is 2. The quantitative estimate of drug-likeness (QED) is 0.340. The largest absolute Gasteiger partial charge is 0.573 e. The predicted octanol–water partition coefficient (Wildman–Crippen LogP) is 2.87. The monoisotopic (exact) mass is 396 g/mol. The number of hydrogen-bond donors (Lipinski definition) is 0. The van der Waals surface area contributed by atoms with E-state index in [1.807, 2.05) is 0 Å². The Labute approximate surface area is 115 Å². The summed E-state index contributed by atoms with van der Waals surface area (Å²) >= 11 is 6.38. The molecule has 1 rings (SSSR count). The molecule has 0 radical (unpaired) electrons. The van der Waals surface area contributed by atoms with Crippen LogP contribution in [0.2, 0.25) is 0 Å². The SMILES string of the molecule is O=C(Cl)c1nc([N+](=O)[O-])cc(OC(F)(F)F)c1I. The van der Waals surface area contributed by atoms with Gasteiger partial charge in [-0.2, -0.15) is 0 Å². The molecule has 0 bridgehead atoms. The highest BCUT2D eigenvalue weighted by atomic mass is 127. The summed E-state index contributed by atoms with van der Waals surface area (Å²) < 4.78 is 39.3. The molecular formula is C7HClF3IN2O4. The van der Waals surface area contributed by atoms with Gasteiger partial charge in [-0.15, -0.1) is 13.2 Å². The van der Waals surface area contributed by atoms with Crippen molar-refractivity contribution < 1.29 is 27.6 Å². The Bertz CT molecular complexity index is 522. The van der Waals surface area contributed by atoms with Crippen molar-refractivity contribution in [1.29, 1.82) is 0 Å². The standard InChI is InChI=1S/C7HClF3IN2O4/c8-6(15)5-4(12)2(18-7(9,10)11)1-3(13-5)14(16)17/h1H. The Balaban J connectivity index is 3.40. The van der Waals surface area contributed by atoms with E-state index >= 15 is 0 Å². The molecule has 0 aliphatic carbocycles. The maximum Gasteiger partial charge on any atom is 0.573 e. The number of hydrogen-bond acceptors (Lipinski definition) is 5. The third-order valence-corrected chi connectivity index (χ3v) is 2.73. The molecule has 0 unspecified atom stereocenters. The third-order valence-electron chi connectivity index (χ3n) is 1.51. The van der Waals surface area contributed by atoms with Gasteiger partial charge in [0.05, 0.1) is 6.07 Å². The van der Waals surface area contributed by atoms with Crippen molar-refractivity contribution in [3.63, 3.8) is 0 Å². The molecule has 1 aromatic heterocycles. The van der Waals surface area contributed by atoms with Gasteiger partial charge in [-0.1, -0.05) is 0 Å². The number of alkyl halides is 3. The molecule has 6 nitrogen and oxygen atoms in total. The van der Waals surface area contributed by atoms with Gasteiger partial charge in [0.1, 0.15) is 3.57 Å². The maximum absolute atomic E-state index is 12.1. The van der Waals surface area contributed by atoms with E-state index in [1.165, 1.54) is 22.6 Å². The van der Waals surface area contributed by atoms with Gasteiger partial charge in [0.15, 0.2) is 5.75 Å². The lowest BCUT2D eigenvalue weighted by Crippen LogP contribution is -2.19. The first-order valence-corrected chi connectivity index (χ1v) is 5.38. The molecule has 0 aromatic carbocycles. The summed E-state index contributed by atoms with van der Waals surface area (Å²) in [6, 6.07) is 0.457. The van der Waals surface area contributed by atoms with Crippen LogP contribution in [-0.2, 0) is 0 Å². The summed E-state index contributed by atoms with van der Waals surface area (Å²) in [5, 5.41) is 9.23. The first-order chi connectivity index (χ1) is 8.11. The van der Waals surface area contributed by atoms with E-state index < -0.39 is 33.8 Å². The Morgan fingerprint density at radius 3 is 2.50 bits per heavy atom. The number of pyridine rings is 1. The van der Waals surface area contributed by atoms with Crippen molar-refractivity contribution >= 4 is 45.3 Å². The summed E-state index contributed by atoms with van der Waals surface area (Å²) in [6.07, 6.45) is -5.05. The van der Waals surface area contributed by atoms with Crippen LogP contribution in [0.1, 0.15) is 10.5 Å². The van der Waals surface area contributed by atoms with Crippen LogP contribution in [0.5, 0.6) is 5.75 Å². The van der Waals surface area contributed by atoms with Crippen molar-refractivity contribution in [2.75, 3.05) is 0 Å². The molecule has 98 valence electrons. The van der Waals surface area contributed by atoms with Crippen molar-refractivity contribution in [3.8, 4) is 5.75 Å². The fraction of sp³-hybridized carbons (Fsp3) is 0.143. The van der Waals surface area contributed by atoms with Crippen LogP contribution in [0.4, 0.5) is 19.0 Å². The van der Waals surface area contributed by atoms with E-state index in [-0.39, 0.29) is 3.57 Å². The van der Waals surface area contributed by atoms with Gasteiger partial charge in [0, 0.05) is 0 Å². The van der Waals surface area contributed by atoms with Gasteiger partial charge in [-0.3, -0.25) is 4.79 Å². The molecule has 0 atom stereocenters. The lowest BCUT2D eigenvalue weighted by Gasteiger charge is -2.10. The third kappa shape index (κ3) is 3.66. The van der Waals surface area contributed by atoms with Crippen LogP contribution in [-0.4, -0.2) is 21.5 Å². The fourth-order valence-corrected chi connectivity index (χ4v) is 1.84. The van der Waals surface area contributed by atoms with Gasteiger partial charge in [0.25, 0.3) is 10.9 Å². The van der Waals surface area contributed by atoms with E-state index in [2.05, 4.69) is 9.72 Å². The molecule has 1 heterocycles. The lowest BCUT2D eigenvalue weighted by molar-refractivity contribution is -0.389. The normalized spacial score (nSPS) is 11.2. The van der Waals surface area contributed by atoms with Crippen molar-refractivity contribution in [1.82, 2.24) is 4.98 Å². The zero-order chi connectivity index (χ0) is 14.1. The molecule has 0 spiro atoms. The summed E-state index contributed by atoms with van der Waals surface area (Å²) in [6.45, 7) is 0. The number of ether oxygens (including phenoxy) is 1. The summed E-state index contributed by atoms with van der Waals surface area (Å²) in [4.78, 5) is 23.5. The average Bonchev–Trinajstić information content (AvgIpc) is 2.18. The van der Waals surface area contributed by atoms with Crippen molar-refractivity contribution in [2.45, 2.75) is 6.36 Å². The number of carbonyl (C=O) groups excluding carboxylic acids is 1. The molecule has 0 aliphatic heterocycles. The zero-order valence-electron chi connectivity index (χ0n) is 7.99. The first-order valence-electron chi connectivity index (χ1n) is 3.92.